The number of hydrogen-bond donors (Lipinski definition) is 2. The molecule has 0 heterocycles. The van der Waals surface area contributed by atoms with E-state index in [1.807, 2.05) is 0 Å². The number of nitrogens with two attached hydrogens (primary N) is 1. The van der Waals surface area contributed by atoms with Gasteiger partial charge >= 0.3 is 0 Å². The molecule has 1 saturated carbocycles. The molecule has 0 aromatic heterocycles. The van der Waals surface area contributed by atoms with Crippen molar-refractivity contribution in [2.45, 2.75) is 50.6 Å². The lowest BCUT2D eigenvalue weighted by Gasteiger charge is -2.21. The molecule has 0 amide bonds. The first kappa shape index (κ1) is 16.7. The summed E-state index contributed by atoms with van der Waals surface area (Å²) in [6.45, 7) is 4.51. The molecule has 0 radical (unpaired) electrons. The summed E-state index contributed by atoms with van der Waals surface area (Å²) in [5.74, 6) is 0.966. The van der Waals surface area contributed by atoms with Crippen molar-refractivity contribution in [2.24, 2.45) is 17.6 Å². The third-order valence-corrected chi connectivity index (χ3v) is 6.46. The lowest BCUT2D eigenvalue weighted by molar-refractivity contribution is 0.368. The minimum absolute atomic E-state index is 0.0111. The predicted octanol–water partition coefficient (Wildman–Crippen LogP) is 2.90. The van der Waals surface area contributed by atoms with E-state index in [4.69, 9.17) is 17.3 Å². The predicted molar refractivity (Wildman–Crippen MR) is 85.6 cm³/mol. The fraction of sp³-hybridized carbons (Fsp3) is 0.600. The molecule has 4 nitrogen and oxygen atoms in total. The zero-order valence-electron chi connectivity index (χ0n) is 12.5. The highest BCUT2D eigenvalue weighted by Crippen LogP contribution is 2.34. The molecule has 3 N–H and O–H groups in total. The van der Waals surface area contributed by atoms with Gasteiger partial charge in [0.2, 0.25) is 10.0 Å². The summed E-state index contributed by atoms with van der Waals surface area (Å²) < 4.78 is 27.9. The van der Waals surface area contributed by atoms with Crippen molar-refractivity contribution in [3.05, 3.63) is 28.8 Å². The molecule has 3 unspecified atom stereocenters. The number of nitrogens with one attached hydrogen (secondary N) is 1. The van der Waals surface area contributed by atoms with Crippen LogP contribution in [0.5, 0.6) is 0 Å². The Hall–Kier alpha value is -0.620. The van der Waals surface area contributed by atoms with Gasteiger partial charge < -0.3 is 5.73 Å². The van der Waals surface area contributed by atoms with E-state index >= 15 is 0 Å². The van der Waals surface area contributed by atoms with E-state index in [0.717, 1.165) is 19.3 Å². The smallest absolute Gasteiger partial charge is 0.240 e. The van der Waals surface area contributed by atoms with Crippen molar-refractivity contribution in [1.29, 1.82) is 0 Å². The van der Waals surface area contributed by atoms with Gasteiger partial charge in [-0.05, 0) is 48.4 Å². The molecule has 2 rings (SSSR count). The fourth-order valence-electron chi connectivity index (χ4n) is 3.13. The molecule has 0 bridgehead atoms. The van der Waals surface area contributed by atoms with E-state index in [1.165, 1.54) is 6.07 Å². The average Bonchev–Trinajstić information content (AvgIpc) is 2.79. The number of hydrogen-bond acceptors (Lipinski definition) is 3. The van der Waals surface area contributed by atoms with E-state index in [1.54, 1.807) is 12.1 Å². The maximum atomic E-state index is 12.5. The first-order chi connectivity index (χ1) is 9.89. The molecule has 0 spiro atoms. The molecule has 1 aliphatic rings. The second kappa shape index (κ2) is 6.65. The van der Waals surface area contributed by atoms with Crippen LogP contribution in [0.15, 0.2) is 23.1 Å². The summed E-state index contributed by atoms with van der Waals surface area (Å²) in [6, 6.07) is 4.69. The van der Waals surface area contributed by atoms with Crippen LogP contribution in [0.1, 0.15) is 38.7 Å². The van der Waals surface area contributed by atoms with Crippen molar-refractivity contribution >= 4 is 21.6 Å². The van der Waals surface area contributed by atoms with Gasteiger partial charge in [-0.1, -0.05) is 31.9 Å². The lowest BCUT2D eigenvalue weighted by atomic mass is 9.94. The lowest BCUT2D eigenvalue weighted by Crippen LogP contribution is -2.37. The quantitative estimate of drug-likeness (QED) is 0.872. The SMILES string of the molecule is CCC1CCC(NS(=O)(=O)c2ccc(Cl)c(CN)c2)C1C. The van der Waals surface area contributed by atoms with Crippen LogP contribution in [0.2, 0.25) is 5.02 Å². The zero-order chi connectivity index (χ0) is 15.6. The van der Waals surface area contributed by atoms with E-state index in [0.29, 0.717) is 22.4 Å². The minimum Gasteiger partial charge on any atom is -0.326 e. The van der Waals surface area contributed by atoms with Gasteiger partial charge in [0.05, 0.1) is 4.90 Å². The summed E-state index contributed by atoms with van der Waals surface area (Å²) >= 11 is 5.98. The van der Waals surface area contributed by atoms with Gasteiger partial charge in [0.1, 0.15) is 0 Å². The van der Waals surface area contributed by atoms with Gasteiger partial charge in [-0.15, -0.1) is 0 Å². The monoisotopic (exact) mass is 330 g/mol. The third kappa shape index (κ3) is 3.59. The molecule has 6 heteroatoms. The van der Waals surface area contributed by atoms with Crippen molar-refractivity contribution in [3.8, 4) is 0 Å². The van der Waals surface area contributed by atoms with Gasteiger partial charge in [0, 0.05) is 17.6 Å². The maximum absolute atomic E-state index is 12.5. The normalized spacial score (nSPS) is 26.2. The highest BCUT2D eigenvalue weighted by Gasteiger charge is 2.34. The molecule has 118 valence electrons. The summed E-state index contributed by atoms with van der Waals surface area (Å²) in [6.07, 6.45) is 3.08. The molecule has 1 aliphatic carbocycles. The summed E-state index contributed by atoms with van der Waals surface area (Å²) in [5, 5.41) is 0.497. The molecular formula is C15H23ClN2O2S. The van der Waals surface area contributed by atoms with Crippen molar-refractivity contribution in [1.82, 2.24) is 4.72 Å². The van der Waals surface area contributed by atoms with Crippen LogP contribution in [0.4, 0.5) is 0 Å². The van der Waals surface area contributed by atoms with E-state index in [9.17, 15) is 8.42 Å². The van der Waals surface area contributed by atoms with Crippen LogP contribution in [0, 0.1) is 11.8 Å². The summed E-state index contributed by atoms with van der Waals surface area (Å²) in [5.41, 5.74) is 6.23. The Balaban J connectivity index is 2.19. The molecular weight excluding hydrogens is 308 g/mol. The standard InChI is InChI=1S/C15H23ClN2O2S/c1-3-11-4-7-15(10(11)2)18-21(19,20)13-5-6-14(16)12(8-13)9-17/h5-6,8,10-11,15,18H,3-4,7,9,17H2,1-2H3. The van der Waals surface area contributed by atoms with Crippen LogP contribution >= 0.6 is 11.6 Å². The van der Waals surface area contributed by atoms with E-state index in [2.05, 4.69) is 18.6 Å². The molecule has 21 heavy (non-hydrogen) atoms. The second-order valence-corrected chi connectivity index (χ2v) is 7.91. The van der Waals surface area contributed by atoms with Crippen LogP contribution in [0.25, 0.3) is 0 Å². The zero-order valence-corrected chi connectivity index (χ0v) is 14.0. The molecule has 1 fully saturated rings. The Bertz CT molecular complexity index is 604. The number of rotatable bonds is 5. The van der Waals surface area contributed by atoms with Crippen LogP contribution < -0.4 is 10.5 Å². The van der Waals surface area contributed by atoms with Gasteiger partial charge in [0.15, 0.2) is 0 Å². The van der Waals surface area contributed by atoms with Crippen molar-refractivity contribution < 1.29 is 8.42 Å². The van der Waals surface area contributed by atoms with Gasteiger partial charge in [-0.25, -0.2) is 13.1 Å². The average molecular weight is 331 g/mol. The van der Waals surface area contributed by atoms with Crippen molar-refractivity contribution in [2.75, 3.05) is 0 Å². The Morgan fingerprint density at radius 1 is 1.38 bits per heavy atom. The van der Waals surface area contributed by atoms with Gasteiger partial charge in [-0.2, -0.15) is 0 Å². The van der Waals surface area contributed by atoms with Crippen molar-refractivity contribution in [3.63, 3.8) is 0 Å². The topological polar surface area (TPSA) is 72.2 Å². The Labute approximate surface area is 132 Å². The van der Waals surface area contributed by atoms with E-state index < -0.39 is 10.0 Å². The molecule has 3 atom stereocenters. The van der Waals surface area contributed by atoms with Crippen LogP contribution in [-0.2, 0) is 16.6 Å². The molecule has 1 aromatic carbocycles. The first-order valence-electron chi connectivity index (χ1n) is 7.39. The number of benzene rings is 1. The third-order valence-electron chi connectivity index (χ3n) is 4.61. The first-order valence-corrected chi connectivity index (χ1v) is 9.26. The van der Waals surface area contributed by atoms with Gasteiger partial charge in [0.25, 0.3) is 0 Å². The Morgan fingerprint density at radius 2 is 2.10 bits per heavy atom. The van der Waals surface area contributed by atoms with Crippen LogP contribution in [-0.4, -0.2) is 14.5 Å². The Morgan fingerprint density at radius 3 is 2.67 bits per heavy atom. The molecule has 1 aromatic rings. The number of halogens is 1. The second-order valence-electron chi connectivity index (χ2n) is 5.79. The molecule has 0 aliphatic heterocycles. The maximum Gasteiger partial charge on any atom is 0.240 e. The fourth-order valence-corrected chi connectivity index (χ4v) is 4.74. The minimum atomic E-state index is -3.52. The van der Waals surface area contributed by atoms with E-state index in [-0.39, 0.29) is 17.5 Å². The molecule has 0 saturated heterocycles. The number of sulfonamides is 1. The largest absolute Gasteiger partial charge is 0.326 e. The highest BCUT2D eigenvalue weighted by molar-refractivity contribution is 7.89. The van der Waals surface area contributed by atoms with Gasteiger partial charge in [-0.3, -0.25) is 0 Å². The Kier molecular flexibility index (Phi) is 5.30. The highest BCUT2D eigenvalue weighted by atomic mass is 35.5. The summed E-state index contributed by atoms with van der Waals surface area (Å²) in [7, 11) is -3.52. The summed E-state index contributed by atoms with van der Waals surface area (Å²) in [4.78, 5) is 0.236. The van der Waals surface area contributed by atoms with Crippen LogP contribution in [0.3, 0.4) is 0 Å².